The molecular formula is C26H22F4O2. The van der Waals surface area contributed by atoms with Gasteiger partial charge in [0.15, 0.2) is 23.1 Å². The number of hydrogen-bond donors (Lipinski definition) is 0. The standard InChI is InChI=1S/C26H22F4O2/c1-3-5-6-17-7-9-18(10-8-17)20-12-11-19(23(27)24(20)28)16-32-22-14-13-21(31-15-4-2)25(29)26(22)30/h3-4,7-15H,1,5-6,16H2,2H3/b15-4+. The van der Waals surface area contributed by atoms with Crippen LogP contribution in [0.5, 0.6) is 11.5 Å². The summed E-state index contributed by atoms with van der Waals surface area (Å²) in [5.41, 5.74) is 1.57. The van der Waals surface area contributed by atoms with Gasteiger partial charge in [-0.2, -0.15) is 8.78 Å². The molecule has 0 aliphatic rings. The molecule has 32 heavy (non-hydrogen) atoms. The molecule has 0 aliphatic carbocycles. The summed E-state index contributed by atoms with van der Waals surface area (Å²) in [6, 6.07) is 12.3. The first-order chi connectivity index (χ1) is 15.5. The van der Waals surface area contributed by atoms with Crippen molar-refractivity contribution in [1.29, 1.82) is 0 Å². The zero-order valence-corrected chi connectivity index (χ0v) is 17.5. The van der Waals surface area contributed by atoms with Crippen molar-refractivity contribution in [3.63, 3.8) is 0 Å². The maximum atomic E-state index is 14.7. The molecular weight excluding hydrogens is 420 g/mol. The van der Waals surface area contributed by atoms with Crippen molar-refractivity contribution in [2.24, 2.45) is 0 Å². The number of benzene rings is 3. The molecule has 6 heteroatoms. The average Bonchev–Trinajstić information content (AvgIpc) is 2.81. The van der Waals surface area contributed by atoms with Crippen molar-refractivity contribution in [1.82, 2.24) is 0 Å². The van der Waals surface area contributed by atoms with Crippen LogP contribution < -0.4 is 9.47 Å². The van der Waals surface area contributed by atoms with Crippen LogP contribution in [0.2, 0.25) is 0 Å². The second kappa shape index (κ2) is 10.7. The van der Waals surface area contributed by atoms with Gasteiger partial charge < -0.3 is 9.47 Å². The van der Waals surface area contributed by atoms with Crippen LogP contribution in [0.4, 0.5) is 17.6 Å². The Morgan fingerprint density at radius 1 is 0.812 bits per heavy atom. The molecule has 0 atom stereocenters. The summed E-state index contributed by atoms with van der Waals surface area (Å²) in [6.45, 7) is 4.86. The third-order valence-corrected chi connectivity index (χ3v) is 4.79. The van der Waals surface area contributed by atoms with Gasteiger partial charge in [-0.25, -0.2) is 8.78 Å². The lowest BCUT2D eigenvalue weighted by molar-refractivity contribution is 0.275. The molecule has 0 aliphatic heterocycles. The summed E-state index contributed by atoms with van der Waals surface area (Å²) < 4.78 is 67.7. The SMILES string of the molecule is C=CCCc1ccc(-c2ccc(COc3ccc(O/C=C/C)c(F)c3F)c(F)c2F)cc1. The van der Waals surface area contributed by atoms with Gasteiger partial charge in [0.2, 0.25) is 11.6 Å². The van der Waals surface area contributed by atoms with Gasteiger partial charge in [0, 0.05) is 11.1 Å². The Kier molecular flexibility index (Phi) is 7.71. The lowest BCUT2D eigenvalue weighted by Gasteiger charge is -2.12. The van der Waals surface area contributed by atoms with Gasteiger partial charge in [-0.15, -0.1) is 6.58 Å². The van der Waals surface area contributed by atoms with Crippen molar-refractivity contribution in [2.75, 3.05) is 0 Å². The van der Waals surface area contributed by atoms with E-state index in [0.29, 0.717) is 5.56 Å². The number of ether oxygens (including phenoxy) is 2. The lowest BCUT2D eigenvalue weighted by Crippen LogP contribution is -2.04. The van der Waals surface area contributed by atoms with E-state index in [0.717, 1.165) is 24.5 Å². The molecule has 0 fully saturated rings. The van der Waals surface area contributed by atoms with Gasteiger partial charge in [0.05, 0.1) is 6.26 Å². The zero-order valence-electron chi connectivity index (χ0n) is 17.5. The molecule has 166 valence electrons. The van der Waals surface area contributed by atoms with E-state index in [2.05, 4.69) is 6.58 Å². The Morgan fingerprint density at radius 3 is 2.19 bits per heavy atom. The topological polar surface area (TPSA) is 18.5 Å². The molecule has 3 aromatic carbocycles. The van der Waals surface area contributed by atoms with Crippen LogP contribution in [0.3, 0.4) is 0 Å². The van der Waals surface area contributed by atoms with Gasteiger partial charge in [-0.1, -0.05) is 48.6 Å². The number of allylic oxidation sites excluding steroid dienone is 2. The lowest BCUT2D eigenvalue weighted by atomic mass is 10.00. The summed E-state index contributed by atoms with van der Waals surface area (Å²) in [6.07, 6.45) is 6.17. The van der Waals surface area contributed by atoms with E-state index in [9.17, 15) is 17.6 Å². The second-order valence-electron chi connectivity index (χ2n) is 6.99. The van der Waals surface area contributed by atoms with Crippen LogP contribution in [-0.4, -0.2) is 0 Å². The Bertz CT molecular complexity index is 1120. The van der Waals surface area contributed by atoms with E-state index in [-0.39, 0.29) is 16.9 Å². The van der Waals surface area contributed by atoms with Gasteiger partial charge >= 0.3 is 0 Å². The van der Waals surface area contributed by atoms with Crippen molar-refractivity contribution in [3.05, 3.63) is 108 Å². The van der Waals surface area contributed by atoms with Crippen LogP contribution in [0, 0.1) is 23.3 Å². The molecule has 0 aromatic heterocycles. The molecule has 0 amide bonds. The molecule has 0 saturated heterocycles. The molecule has 0 unspecified atom stereocenters. The number of aryl methyl sites for hydroxylation is 1. The van der Waals surface area contributed by atoms with Crippen LogP contribution in [0.1, 0.15) is 24.5 Å². The van der Waals surface area contributed by atoms with Crippen LogP contribution in [0.25, 0.3) is 11.1 Å². The van der Waals surface area contributed by atoms with E-state index in [1.54, 1.807) is 19.1 Å². The normalized spacial score (nSPS) is 11.0. The summed E-state index contributed by atoms with van der Waals surface area (Å²) in [4.78, 5) is 0. The van der Waals surface area contributed by atoms with Crippen molar-refractivity contribution in [3.8, 4) is 22.6 Å². The summed E-state index contributed by atoms with van der Waals surface area (Å²) >= 11 is 0. The fraction of sp³-hybridized carbons (Fsp3) is 0.154. The first kappa shape index (κ1) is 23.1. The van der Waals surface area contributed by atoms with Crippen LogP contribution in [0.15, 0.2) is 73.5 Å². The highest BCUT2D eigenvalue weighted by Crippen LogP contribution is 2.30. The number of halogens is 4. The third kappa shape index (κ3) is 5.19. The zero-order chi connectivity index (χ0) is 23.1. The van der Waals surface area contributed by atoms with Crippen molar-refractivity contribution >= 4 is 0 Å². The fourth-order valence-corrected chi connectivity index (χ4v) is 3.06. The Morgan fingerprint density at radius 2 is 1.50 bits per heavy atom. The first-order valence-electron chi connectivity index (χ1n) is 10.0. The molecule has 0 spiro atoms. The van der Waals surface area contributed by atoms with E-state index in [4.69, 9.17) is 9.47 Å². The molecule has 0 bridgehead atoms. The summed E-state index contributed by atoms with van der Waals surface area (Å²) in [5.74, 6) is -5.40. The minimum atomic E-state index is -1.28. The molecule has 3 aromatic rings. The Labute approximate surface area is 184 Å². The fourth-order valence-electron chi connectivity index (χ4n) is 3.06. The maximum Gasteiger partial charge on any atom is 0.205 e. The third-order valence-electron chi connectivity index (χ3n) is 4.79. The number of hydrogen-bond acceptors (Lipinski definition) is 2. The molecule has 0 heterocycles. The average molecular weight is 442 g/mol. The quantitative estimate of drug-likeness (QED) is 0.194. The van der Waals surface area contributed by atoms with Crippen molar-refractivity contribution in [2.45, 2.75) is 26.4 Å². The molecule has 0 N–H and O–H groups in total. The van der Waals surface area contributed by atoms with E-state index in [1.807, 2.05) is 18.2 Å². The van der Waals surface area contributed by atoms with E-state index >= 15 is 0 Å². The molecule has 2 nitrogen and oxygen atoms in total. The predicted octanol–water partition coefficient (Wildman–Crippen LogP) is 7.52. The van der Waals surface area contributed by atoms with Gasteiger partial charge in [-0.3, -0.25) is 0 Å². The maximum absolute atomic E-state index is 14.7. The summed E-state index contributed by atoms with van der Waals surface area (Å²) in [7, 11) is 0. The van der Waals surface area contributed by atoms with Gasteiger partial charge in [-0.05, 0) is 43.0 Å². The van der Waals surface area contributed by atoms with Crippen LogP contribution >= 0.6 is 0 Å². The van der Waals surface area contributed by atoms with E-state index < -0.39 is 35.6 Å². The monoisotopic (exact) mass is 442 g/mol. The largest absolute Gasteiger partial charge is 0.486 e. The highest BCUT2D eigenvalue weighted by atomic mass is 19.2. The van der Waals surface area contributed by atoms with E-state index in [1.165, 1.54) is 30.5 Å². The first-order valence-corrected chi connectivity index (χ1v) is 10.0. The summed E-state index contributed by atoms with van der Waals surface area (Å²) in [5, 5.41) is 0. The highest BCUT2D eigenvalue weighted by molar-refractivity contribution is 5.65. The van der Waals surface area contributed by atoms with Crippen LogP contribution in [-0.2, 0) is 13.0 Å². The minimum absolute atomic E-state index is 0.101. The smallest absolute Gasteiger partial charge is 0.205 e. The molecule has 0 saturated carbocycles. The molecule has 3 rings (SSSR count). The Hall–Kier alpha value is -3.54. The number of rotatable bonds is 9. The Balaban J connectivity index is 1.76. The molecule has 0 radical (unpaired) electrons. The highest BCUT2D eigenvalue weighted by Gasteiger charge is 2.18. The second-order valence-corrected chi connectivity index (χ2v) is 6.99. The van der Waals surface area contributed by atoms with Crippen molar-refractivity contribution < 1.29 is 27.0 Å². The minimum Gasteiger partial charge on any atom is -0.486 e. The van der Waals surface area contributed by atoms with Gasteiger partial charge in [0.1, 0.15) is 6.61 Å². The predicted molar refractivity (Wildman–Crippen MR) is 116 cm³/mol. The van der Waals surface area contributed by atoms with Gasteiger partial charge in [0.25, 0.3) is 0 Å².